The first-order valence-electron chi connectivity index (χ1n) is 8.91. The average molecular weight is 429 g/mol. The molecule has 1 aliphatic rings. The van der Waals surface area contributed by atoms with E-state index in [1.54, 1.807) is 38.7 Å². The van der Waals surface area contributed by atoms with Gasteiger partial charge < -0.3 is 13.8 Å². The third kappa shape index (κ3) is 7.08. The molecule has 12 heteroatoms. The van der Waals surface area contributed by atoms with Crippen LogP contribution in [0.15, 0.2) is 17.2 Å². The van der Waals surface area contributed by atoms with E-state index in [-0.39, 0.29) is 17.5 Å². The summed E-state index contributed by atoms with van der Waals surface area (Å²) in [5.74, 6) is -0.236. The summed E-state index contributed by atoms with van der Waals surface area (Å²) >= 11 is 0. The maximum absolute atomic E-state index is 13.0. The molecule has 1 heterocycles. The smallest absolute Gasteiger partial charge is 0.444 e. The summed E-state index contributed by atoms with van der Waals surface area (Å²) in [5.41, 5.74) is 9.23. The van der Waals surface area contributed by atoms with Gasteiger partial charge in [-0.15, -0.1) is 0 Å². The summed E-state index contributed by atoms with van der Waals surface area (Å²) in [6.07, 6.45) is -0.373. The number of ether oxygens (including phenoxy) is 1. The summed E-state index contributed by atoms with van der Waals surface area (Å²) in [7, 11) is -5.22. The van der Waals surface area contributed by atoms with Gasteiger partial charge in [0.05, 0.1) is 0 Å². The maximum atomic E-state index is 13.0. The Bertz CT molecular complexity index is 917. The van der Waals surface area contributed by atoms with Crippen LogP contribution in [-0.2, 0) is 21.8 Å². The number of azide groups is 1. The minimum atomic E-state index is -5.22. The van der Waals surface area contributed by atoms with Gasteiger partial charge in [0, 0.05) is 43.3 Å². The fourth-order valence-electron chi connectivity index (χ4n) is 2.85. The van der Waals surface area contributed by atoms with Gasteiger partial charge in [0.2, 0.25) is 0 Å². The second kappa shape index (κ2) is 8.85. The van der Waals surface area contributed by atoms with Gasteiger partial charge in [0.25, 0.3) is 0 Å². The molecule has 29 heavy (non-hydrogen) atoms. The van der Waals surface area contributed by atoms with E-state index in [0.717, 1.165) is 6.07 Å². The van der Waals surface area contributed by atoms with Crippen molar-refractivity contribution in [1.82, 2.24) is 9.80 Å². The Hall–Kier alpha value is -2.56. The Morgan fingerprint density at radius 2 is 1.90 bits per heavy atom. The van der Waals surface area contributed by atoms with Crippen LogP contribution in [0, 0.1) is 6.92 Å². The highest BCUT2D eigenvalue weighted by Gasteiger charge is 2.26. The first-order valence-corrected chi connectivity index (χ1v) is 10.2. The first kappa shape index (κ1) is 22.7. The van der Waals surface area contributed by atoms with E-state index in [1.165, 1.54) is 0 Å². The van der Waals surface area contributed by atoms with Crippen molar-refractivity contribution in [3.05, 3.63) is 33.7 Å². The molecule has 0 spiro atoms. The number of nitrogens with zero attached hydrogens (tertiary/aromatic N) is 5. The molecule has 1 saturated heterocycles. The Morgan fingerprint density at radius 3 is 2.41 bits per heavy atom. The Balaban J connectivity index is 2.12. The monoisotopic (exact) mass is 429 g/mol. The Kier molecular flexibility index (Phi) is 6.93. The quantitative estimate of drug-likeness (QED) is 0.305. The summed E-state index contributed by atoms with van der Waals surface area (Å²) in [4.78, 5) is 18.5. The predicted molar refractivity (Wildman–Crippen MR) is 104 cm³/mol. The second-order valence-electron chi connectivity index (χ2n) is 7.64. The first-order chi connectivity index (χ1) is 13.4. The highest BCUT2D eigenvalue weighted by molar-refractivity contribution is 7.81. The number of rotatable bonds is 5. The van der Waals surface area contributed by atoms with Crippen molar-refractivity contribution in [3.8, 4) is 5.75 Å². The lowest BCUT2D eigenvalue weighted by Crippen LogP contribution is -2.49. The van der Waals surface area contributed by atoms with Gasteiger partial charge in [-0.25, -0.2) is 4.79 Å². The Morgan fingerprint density at radius 1 is 1.28 bits per heavy atom. The zero-order valence-electron chi connectivity index (χ0n) is 16.8. The molecule has 1 fully saturated rings. The van der Waals surface area contributed by atoms with Crippen LogP contribution in [0.1, 0.15) is 31.9 Å². The van der Waals surface area contributed by atoms with Gasteiger partial charge in [-0.05, 0) is 56.5 Å². The predicted octanol–water partition coefficient (Wildman–Crippen LogP) is 3.58. The maximum Gasteiger partial charge on any atom is 0.488 e. The van der Waals surface area contributed by atoms with Crippen molar-refractivity contribution in [2.45, 2.75) is 39.8 Å². The van der Waals surface area contributed by atoms with Crippen LogP contribution in [0.5, 0.6) is 5.75 Å². The highest BCUT2D eigenvalue weighted by atomic mass is 32.3. The molecule has 2 rings (SSSR count). The number of halogens is 1. The summed E-state index contributed by atoms with van der Waals surface area (Å²) < 4.78 is 44.5. The van der Waals surface area contributed by atoms with Gasteiger partial charge >= 0.3 is 16.6 Å². The SMILES string of the molecule is Cc1c(CN2CCN(C(=O)OC(C)(C)C)CC2)cc(N=[N+]=[N-])cc1OS(=O)(=O)F. The lowest BCUT2D eigenvalue weighted by Gasteiger charge is -2.35. The van der Waals surface area contributed by atoms with Crippen LogP contribution < -0.4 is 4.18 Å². The van der Waals surface area contributed by atoms with Gasteiger partial charge in [0.15, 0.2) is 0 Å². The standard InChI is InChI=1S/C17H24FN5O5S/c1-12-13(9-14(20-21-19)10-15(12)28-29(18,25)26)11-22-5-7-23(8-6-22)16(24)27-17(2,3)4/h9-10H,5-8,11H2,1-4H3. The van der Waals surface area contributed by atoms with E-state index < -0.39 is 16.1 Å². The van der Waals surface area contributed by atoms with Gasteiger partial charge in [0.1, 0.15) is 11.4 Å². The van der Waals surface area contributed by atoms with Crippen molar-refractivity contribution in [2.75, 3.05) is 26.2 Å². The van der Waals surface area contributed by atoms with Crippen LogP contribution in [0.3, 0.4) is 0 Å². The van der Waals surface area contributed by atoms with Crippen LogP contribution in [0.25, 0.3) is 10.4 Å². The van der Waals surface area contributed by atoms with E-state index in [2.05, 4.69) is 14.2 Å². The Labute approximate surface area is 169 Å². The van der Waals surface area contributed by atoms with Gasteiger partial charge in [-0.1, -0.05) is 9.00 Å². The van der Waals surface area contributed by atoms with Crippen molar-refractivity contribution in [2.24, 2.45) is 5.11 Å². The molecule has 0 radical (unpaired) electrons. The lowest BCUT2D eigenvalue weighted by atomic mass is 10.1. The van der Waals surface area contributed by atoms with Crippen molar-refractivity contribution in [1.29, 1.82) is 0 Å². The van der Waals surface area contributed by atoms with Crippen LogP contribution >= 0.6 is 0 Å². The number of carbonyl (C=O) groups is 1. The topological polar surface area (TPSA) is 125 Å². The summed E-state index contributed by atoms with van der Waals surface area (Å²) in [5, 5.41) is 3.46. The number of benzene rings is 1. The fourth-order valence-corrected chi connectivity index (χ4v) is 3.24. The zero-order valence-corrected chi connectivity index (χ0v) is 17.6. The molecule has 0 unspecified atom stereocenters. The molecule has 10 nitrogen and oxygen atoms in total. The average Bonchev–Trinajstić information content (AvgIpc) is 2.57. The zero-order chi connectivity index (χ0) is 21.8. The third-order valence-corrected chi connectivity index (χ3v) is 4.60. The molecule has 160 valence electrons. The second-order valence-corrected chi connectivity index (χ2v) is 8.59. The number of piperazine rings is 1. The van der Waals surface area contributed by atoms with E-state index in [1.807, 2.05) is 4.90 Å². The molecule has 0 N–H and O–H groups in total. The molecule has 0 bridgehead atoms. The number of hydrogen-bond acceptors (Lipinski definition) is 7. The molecular weight excluding hydrogens is 405 g/mol. The van der Waals surface area contributed by atoms with Crippen LogP contribution in [-0.4, -0.2) is 56.1 Å². The molecule has 0 atom stereocenters. The molecule has 1 aromatic rings. The normalized spacial score (nSPS) is 15.6. The minimum Gasteiger partial charge on any atom is -0.444 e. The van der Waals surface area contributed by atoms with Crippen LogP contribution in [0.4, 0.5) is 14.4 Å². The van der Waals surface area contributed by atoms with E-state index in [4.69, 9.17) is 10.3 Å². The molecular formula is C17H24FN5O5S. The molecule has 0 saturated carbocycles. The largest absolute Gasteiger partial charge is 0.488 e. The summed E-state index contributed by atoms with van der Waals surface area (Å²) in [6, 6.07) is 2.75. The van der Waals surface area contributed by atoms with Crippen molar-refractivity contribution < 1.29 is 26.0 Å². The number of amides is 1. The van der Waals surface area contributed by atoms with Gasteiger partial charge in [-0.3, -0.25) is 4.90 Å². The lowest BCUT2D eigenvalue weighted by molar-refractivity contribution is 0.0139. The van der Waals surface area contributed by atoms with Crippen LogP contribution in [0.2, 0.25) is 0 Å². The van der Waals surface area contributed by atoms with Crippen molar-refractivity contribution in [3.63, 3.8) is 0 Å². The van der Waals surface area contributed by atoms with E-state index in [9.17, 15) is 17.1 Å². The summed E-state index contributed by atoms with van der Waals surface area (Å²) in [6.45, 7) is 9.42. The highest BCUT2D eigenvalue weighted by Crippen LogP contribution is 2.31. The van der Waals surface area contributed by atoms with Crippen molar-refractivity contribution >= 4 is 22.3 Å². The molecule has 1 amide bonds. The fraction of sp³-hybridized carbons (Fsp3) is 0.588. The number of hydrogen-bond donors (Lipinski definition) is 0. The molecule has 1 aromatic carbocycles. The van der Waals surface area contributed by atoms with Gasteiger partial charge in [-0.2, -0.15) is 8.42 Å². The number of carbonyl (C=O) groups excluding carboxylic acids is 1. The molecule has 0 aromatic heterocycles. The third-order valence-electron chi connectivity index (χ3n) is 4.22. The molecule has 0 aliphatic carbocycles. The molecule has 1 aliphatic heterocycles. The minimum absolute atomic E-state index is 0.110. The van der Waals surface area contributed by atoms with E-state index in [0.29, 0.717) is 43.9 Å². The van der Waals surface area contributed by atoms with E-state index >= 15 is 0 Å².